The van der Waals surface area contributed by atoms with Crippen molar-refractivity contribution in [1.82, 2.24) is 20.6 Å². The van der Waals surface area contributed by atoms with Gasteiger partial charge in [-0.3, -0.25) is 24.2 Å². The van der Waals surface area contributed by atoms with Crippen LogP contribution in [0.2, 0.25) is 0 Å². The van der Waals surface area contributed by atoms with Gasteiger partial charge in [-0.25, -0.2) is 4.98 Å². The van der Waals surface area contributed by atoms with Crippen LogP contribution in [-0.2, 0) is 19.1 Å². The van der Waals surface area contributed by atoms with E-state index in [1.807, 2.05) is 34.6 Å². The number of nitrogens with one attached hydrogen (secondary N) is 2. The number of carbonyl (C=O) groups is 4. The van der Waals surface area contributed by atoms with Crippen LogP contribution < -0.4 is 10.6 Å². The van der Waals surface area contributed by atoms with Gasteiger partial charge in [-0.1, -0.05) is 67.9 Å². The largest absolute Gasteiger partial charge is 0.481 e. The standard InChI is InChI=1S/C49H74N4O6/c1-28(2)38-34(54)24-49(21-22-50-27-43(4,5)53-40(55)33-26-51-25-29(3)52-33)20-19-47(11)30(39(38)49)13-14-36-46(10)17-16-37(45(8,9)35(46)15-18-48(36,47)12)59-42(58)32-23-31(41(56)57)44(32,6)7/h25-26,28,30-32,35-37,50H,13-24,27H2,1-12H3,(H,53,55)(H,56,57)/t30-,31+,32-,35+,36-,37+,46+,47-,48-,49-/m1/s1. The Morgan fingerprint density at radius 1 is 0.898 bits per heavy atom. The molecule has 6 aliphatic carbocycles. The summed E-state index contributed by atoms with van der Waals surface area (Å²) in [4.78, 5) is 61.1. The fourth-order valence-electron chi connectivity index (χ4n) is 14.9. The van der Waals surface area contributed by atoms with Crippen LogP contribution in [0.4, 0.5) is 0 Å². The molecule has 0 unspecified atom stereocenters. The van der Waals surface area contributed by atoms with Crippen LogP contribution >= 0.6 is 0 Å². The maximum atomic E-state index is 14.2. The Labute approximate surface area is 353 Å². The Hall–Kier alpha value is -3.14. The van der Waals surface area contributed by atoms with Crippen molar-refractivity contribution in [3.63, 3.8) is 0 Å². The van der Waals surface area contributed by atoms with E-state index in [9.17, 15) is 24.3 Å². The van der Waals surface area contributed by atoms with Crippen molar-refractivity contribution in [2.75, 3.05) is 13.1 Å². The number of Topliss-reactive ketones (excluding diaryl/α,β-unsaturated/α-hetero) is 1. The van der Waals surface area contributed by atoms with Crippen molar-refractivity contribution in [2.45, 2.75) is 165 Å². The van der Waals surface area contributed by atoms with E-state index in [1.54, 1.807) is 6.20 Å². The summed E-state index contributed by atoms with van der Waals surface area (Å²) in [6, 6.07) is 0. The molecule has 10 atom stereocenters. The van der Waals surface area contributed by atoms with Gasteiger partial charge in [0.2, 0.25) is 0 Å². The summed E-state index contributed by atoms with van der Waals surface area (Å²) in [6.45, 7) is 27.9. The molecule has 0 aliphatic heterocycles. The minimum atomic E-state index is -0.826. The lowest BCUT2D eigenvalue weighted by atomic mass is 9.33. The van der Waals surface area contributed by atoms with E-state index in [1.165, 1.54) is 11.8 Å². The average molecular weight is 815 g/mol. The highest BCUT2D eigenvalue weighted by molar-refractivity contribution is 6.00. The molecule has 7 rings (SSSR count). The average Bonchev–Trinajstić information content (AvgIpc) is 3.43. The zero-order valence-corrected chi connectivity index (χ0v) is 38.3. The molecule has 1 heterocycles. The van der Waals surface area contributed by atoms with E-state index in [2.05, 4.69) is 69.1 Å². The number of aryl methyl sites for hydroxylation is 1. The number of allylic oxidation sites excluding steroid dienone is 2. The minimum absolute atomic E-state index is 0.0653. The number of fused-ring (bicyclic) bond motifs is 7. The van der Waals surface area contributed by atoms with E-state index in [-0.39, 0.29) is 56.9 Å². The molecule has 6 aliphatic rings. The van der Waals surface area contributed by atoms with Crippen molar-refractivity contribution in [3.05, 3.63) is 34.9 Å². The van der Waals surface area contributed by atoms with E-state index in [0.717, 1.165) is 69.9 Å². The van der Waals surface area contributed by atoms with Crippen LogP contribution in [0.25, 0.3) is 0 Å². The monoisotopic (exact) mass is 815 g/mol. The molecule has 59 heavy (non-hydrogen) atoms. The van der Waals surface area contributed by atoms with E-state index in [4.69, 9.17) is 4.74 Å². The van der Waals surface area contributed by atoms with Crippen LogP contribution in [0.15, 0.2) is 23.5 Å². The maximum absolute atomic E-state index is 14.2. The number of hydrogen-bond acceptors (Lipinski definition) is 8. The Bertz CT molecular complexity index is 1920. The third kappa shape index (κ3) is 6.92. The molecule has 3 N–H and O–H groups in total. The predicted molar refractivity (Wildman–Crippen MR) is 228 cm³/mol. The highest BCUT2D eigenvalue weighted by Crippen LogP contribution is 2.77. The van der Waals surface area contributed by atoms with Crippen molar-refractivity contribution in [3.8, 4) is 0 Å². The summed E-state index contributed by atoms with van der Waals surface area (Å²) >= 11 is 0. The number of carbonyl (C=O) groups excluding carboxylic acids is 3. The molecule has 1 aromatic rings. The molecule has 0 bridgehead atoms. The molecule has 1 aromatic heterocycles. The zero-order valence-electron chi connectivity index (χ0n) is 38.3. The smallest absolute Gasteiger partial charge is 0.309 e. The van der Waals surface area contributed by atoms with E-state index >= 15 is 0 Å². The van der Waals surface area contributed by atoms with Gasteiger partial charge >= 0.3 is 11.9 Å². The van der Waals surface area contributed by atoms with E-state index < -0.39 is 22.8 Å². The van der Waals surface area contributed by atoms with Gasteiger partial charge in [0, 0.05) is 35.5 Å². The first kappa shape index (κ1) is 43.9. The van der Waals surface area contributed by atoms with Crippen molar-refractivity contribution in [1.29, 1.82) is 0 Å². The lowest BCUT2D eigenvalue weighted by Crippen LogP contribution is -2.66. The lowest BCUT2D eigenvalue weighted by Gasteiger charge is -2.72. The number of hydrogen-bond donors (Lipinski definition) is 3. The molecule has 0 radical (unpaired) electrons. The van der Waals surface area contributed by atoms with Gasteiger partial charge in [0.25, 0.3) is 5.91 Å². The third-order valence-electron chi connectivity index (χ3n) is 18.4. The van der Waals surface area contributed by atoms with Crippen LogP contribution in [-0.4, -0.2) is 63.4 Å². The van der Waals surface area contributed by atoms with Gasteiger partial charge in [0.05, 0.1) is 23.7 Å². The molecule has 0 aromatic carbocycles. The van der Waals surface area contributed by atoms with E-state index in [0.29, 0.717) is 54.3 Å². The van der Waals surface area contributed by atoms with Gasteiger partial charge in [-0.05, 0) is 142 Å². The minimum Gasteiger partial charge on any atom is -0.481 e. The van der Waals surface area contributed by atoms with Crippen molar-refractivity contribution < 1.29 is 29.0 Å². The second-order valence-electron chi connectivity index (χ2n) is 23.1. The molecule has 5 saturated carbocycles. The first-order valence-electron chi connectivity index (χ1n) is 22.9. The number of carboxylic acids is 1. The first-order chi connectivity index (χ1) is 27.3. The number of ether oxygens (including phenoxy) is 1. The molecule has 5 fully saturated rings. The normalized spacial score (nSPS) is 38.4. The lowest BCUT2D eigenvalue weighted by molar-refractivity contribution is -0.236. The molecule has 1 amide bonds. The zero-order chi connectivity index (χ0) is 43.3. The second-order valence-corrected chi connectivity index (χ2v) is 23.1. The van der Waals surface area contributed by atoms with Gasteiger partial charge in [0.15, 0.2) is 5.78 Å². The fourth-order valence-corrected chi connectivity index (χ4v) is 14.9. The van der Waals surface area contributed by atoms with Crippen LogP contribution in [0.5, 0.6) is 0 Å². The Kier molecular flexibility index (Phi) is 11.0. The van der Waals surface area contributed by atoms with Gasteiger partial charge in [-0.15, -0.1) is 0 Å². The second kappa shape index (κ2) is 14.8. The molecular formula is C49H74N4O6. The van der Waals surface area contributed by atoms with Gasteiger partial charge in [0.1, 0.15) is 11.8 Å². The molecule has 0 saturated heterocycles. The number of aliphatic carboxylic acids is 1. The summed E-state index contributed by atoms with van der Waals surface area (Å²) in [6.07, 6.45) is 13.3. The number of ketones is 1. The highest BCUT2D eigenvalue weighted by atomic mass is 16.5. The maximum Gasteiger partial charge on any atom is 0.309 e. The quantitative estimate of drug-likeness (QED) is 0.147. The van der Waals surface area contributed by atoms with Crippen LogP contribution in [0.3, 0.4) is 0 Å². The number of nitrogens with zero attached hydrogens (tertiary/aromatic N) is 2. The summed E-state index contributed by atoms with van der Waals surface area (Å²) in [5, 5.41) is 16.5. The molecule has 326 valence electrons. The first-order valence-corrected chi connectivity index (χ1v) is 22.9. The summed E-state index contributed by atoms with van der Waals surface area (Å²) < 4.78 is 6.44. The number of carboxylic acid groups (broad SMARTS) is 1. The molecule has 10 heteroatoms. The molecule has 10 nitrogen and oxygen atoms in total. The number of aromatic nitrogens is 2. The fraction of sp³-hybridized carbons (Fsp3) is 0.796. The Morgan fingerprint density at radius 3 is 2.25 bits per heavy atom. The molecule has 0 spiro atoms. The summed E-state index contributed by atoms with van der Waals surface area (Å²) in [7, 11) is 0. The van der Waals surface area contributed by atoms with Gasteiger partial charge < -0.3 is 20.5 Å². The number of amides is 1. The Morgan fingerprint density at radius 2 is 1.61 bits per heavy atom. The Balaban J connectivity index is 1.07. The van der Waals surface area contributed by atoms with Crippen molar-refractivity contribution >= 4 is 23.6 Å². The van der Waals surface area contributed by atoms with Crippen LogP contribution in [0.1, 0.15) is 163 Å². The summed E-state index contributed by atoms with van der Waals surface area (Å²) in [5.74, 6) is -0.302. The molecular weight excluding hydrogens is 741 g/mol. The number of rotatable bonds is 11. The van der Waals surface area contributed by atoms with Crippen LogP contribution in [0, 0.1) is 74.9 Å². The van der Waals surface area contributed by atoms with Gasteiger partial charge in [-0.2, -0.15) is 0 Å². The summed E-state index contributed by atoms with van der Waals surface area (Å²) in [5.41, 5.74) is 2.46. The highest BCUT2D eigenvalue weighted by Gasteiger charge is 2.70. The van der Waals surface area contributed by atoms with Crippen molar-refractivity contribution in [2.24, 2.45) is 68.0 Å². The topological polar surface area (TPSA) is 148 Å². The SMILES string of the molecule is Cc1cncc(C(=O)NC(C)(C)CNCC[C@@]23CC[C@]4(C)[C@H](CC[C@@H]5[C@@]6(C)CC[C@H](OC(=O)[C@H]7C[C@@H](C(=O)O)C7(C)C)C(C)(C)[C@@H]6CC[C@]54C)C2=C(C(C)C)C(=O)C3)n1. The third-order valence-corrected chi connectivity index (χ3v) is 18.4. The predicted octanol–water partition coefficient (Wildman–Crippen LogP) is 8.91. The number of esters is 1.